The van der Waals surface area contributed by atoms with Crippen molar-refractivity contribution in [3.05, 3.63) is 53.1 Å². The lowest BCUT2D eigenvalue weighted by atomic mass is 10.2. The highest BCUT2D eigenvalue weighted by atomic mass is 35.5. The molecule has 3 N–H and O–H groups in total. The summed E-state index contributed by atoms with van der Waals surface area (Å²) in [6, 6.07) is 11.3. The lowest BCUT2D eigenvalue weighted by molar-refractivity contribution is -0.153. The number of para-hydroxylation sites is 1. The summed E-state index contributed by atoms with van der Waals surface area (Å²) in [5, 5.41) is 3.25. The summed E-state index contributed by atoms with van der Waals surface area (Å²) >= 11 is 6.02. The molecule has 0 bridgehead atoms. The molecule has 0 unspecified atom stereocenters. The van der Waals surface area contributed by atoms with E-state index in [4.69, 9.17) is 26.8 Å². The third-order valence-corrected chi connectivity index (χ3v) is 3.50. The quantitative estimate of drug-likeness (QED) is 0.575. The Kier molecular flexibility index (Phi) is 6.57. The van der Waals surface area contributed by atoms with E-state index in [9.17, 15) is 13.2 Å². The number of aliphatic imine (C=N–C) groups is 1. The van der Waals surface area contributed by atoms with E-state index >= 15 is 0 Å². The molecule has 2 aromatic rings. The fraction of sp³-hybridized carbons (Fsp3) is 0.235. The number of nitrogens with two attached hydrogens (primary N) is 1. The monoisotopic (exact) mass is 387 g/mol. The van der Waals surface area contributed by atoms with Crippen LogP contribution in [-0.2, 0) is 6.54 Å². The van der Waals surface area contributed by atoms with E-state index < -0.39 is 12.8 Å². The smallest absolute Gasteiger partial charge is 0.422 e. The molecule has 0 radical (unpaired) electrons. The maximum Gasteiger partial charge on any atom is 0.422 e. The molecule has 9 heteroatoms. The summed E-state index contributed by atoms with van der Waals surface area (Å²) in [6.45, 7) is -1.32. The van der Waals surface area contributed by atoms with Gasteiger partial charge < -0.3 is 20.5 Å². The van der Waals surface area contributed by atoms with Crippen molar-refractivity contribution in [1.82, 2.24) is 0 Å². The molecule has 0 fully saturated rings. The molecule has 0 aliphatic carbocycles. The van der Waals surface area contributed by atoms with Crippen LogP contribution in [0.3, 0.4) is 0 Å². The van der Waals surface area contributed by atoms with Gasteiger partial charge in [0.1, 0.15) is 11.5 Å². The number of nitrogens with one attached hydrogen (secondary N) is 1. The fourth-order valence-electron chi connectivity index (χ4n) is 2.04. The van der Waals surface area contributed by atoms with Crippen molar-refractivity contribution in [2.24, 2.45) is 10.7 Å². The average Bonchev–Trinajstić information content (AvgIpc) is 2.58. The van der Waals surface area contributed by atoms with Gasteiger partial charge in [-0.2, -0.15) is 13.2 Å². The van der Waals surface area contributed by atoms with E-state index in [1.165, 1.54) is 13.2 Å². The zero-order valence-corrected chi connectivity index (χ0v) is 14.6. The van der Waals surface area contributed by atoms with Gasteiger partial charge in [0.2, 0.25) is 0 Å². The Morgan fingerprint density at radius 1 is 1.19 bits per heavy atom. The van der Waals surface area contributed by atoms with Gasteiger partial charge in [-0.1, -0.05) is 29.8 Å². The van der Waals surface area contributed by atoms with Crippen LogP contribution in [0, 0.1) is 0 Å². The molecule has 0 aromatic heterocycles. The second kappa shape index (κ2) is 8.66. The van der Waals surface area contributed by atoms with Crippen molar-refractivity contribution in [2.45, 2.75) is 12.7 Å². The third kappa shape index (κ3) is 6.03. The topological polar surface area (TPSA) is 68.9 Å². The van der Waals surface area contributed by atoms with Crippen molar-refractivity contribution < 1.29 is 22.6 Å². The molecule has 26 heavy (non-hydrogen) atoms. The Hall–Kier alpha value is -2.61. The second-order valence-electron chi connectivity index (χ2n) is 5.19. The number of halogens is 4. The van der Waals surface area contributed by atoms with E-state index in [0.29, 0.717) is 22.0 Å². The number of ether oxygens (including phenoxy) is 2. The Labute approximate surface area is 153 Å². The van der Waals surface area contributed by atoms with Crippen LogP contribution in [0.4, 0.5) is 18.9 Å². The molecular formula is C17H17ClF3N3O2. The maximum atomic E-state index is 12.3. The number of hydrogen-bond donors (Lipinski definition) is 2. The van der Waals surface area contributed by atoms with Crippen LogP contribution in [0.15, 0.2) is 47.5 Å². The first kappa shape index (κ1) is 19.7. The van der Waals surface area contributed by atoms with Gasteiger partial charge in [0.05, 0.1) is 18.7 Å². The molecule has 0 saturated carbocycles. The molecule has 0 atom stereocenters. The van der Waals surface area contributed by atoms with Gasteiger partial charge in [-0.3, -0.25) is 0 Å². The number of anilines is 1. The van der Waals surface area contributed by atoms with E-state index in [0.717, 1.165) is 0 Å². The number of rotatable bonds is 6. The highest BCUT2D eigenvalue weighted by Crippen LogP contribution is 2.27. The molecular weight excluding hydrogens is 371 g/mol. The number of benzene rings is 2. The maximum absolute atomic E-state index is 12.3. The third-order valence-electron chi connectivity index (χ3n) is 3.21. The lowest BCUT2D eigenvalue weighted by Crippen LogP contribution is -2.22. The summed E-state index contributed by atoms with van der Waals surface area (Å²) in [6.07, 6.45) is -4.41. The van der Waals surface area contributed by atoms with Crippen LogP contribution in [0.5, 0.6) is 11.5 Å². The first-order valence-electron chi connectivity index (χ1n) is 7.46. The molecule has 140 valence electrons. The minimum Gasteiger partial charge on any atom is -0.495 e. The SMILES string of the molecule is COc1ccc(NC(N)=NCc2ccccc2OCC(F)(F)F)cc1Cl. The first-order chi connectivity index (χ1) is 12.3. The average molecular weight is 388 g/mol. The van der Waals surface area contributed by atoms with Crippen LogP contribution < -0.4 is 20.5 Å². The Morgan fingerprint density at radius 2 is 1.92 bits per heavy atom. The van der Waals surface area contributed by atoms with E-state index in [2.05, 4.69) is 10.3 Å². The Morgan fingerprint density at radius 3 is 2.58 bits per heavy atom. The minimum atomic E-state index is -4.41. The molecule has 0 amide bonds. The number of hydrogen-bond acceptors (Lipinski definition) is 3. The predicted molar refractivity (Wildman–Crippen MR) is 94.9 cm³/mol. The van der Waals surface area contributed by atoms with Gasteiger partial charge >= 0.3 is 6.18 Å². The van der Waals surface area contributed by atoms with Crippen LogP contribution in [0.2, 0.25) is 5.02 Å². The van der Waals surface area contributed by atoms with Crippen LogP contribution in [0.25, 0.3) is 0 Å². The summed E-state index contributed by atoms with van der Waals surface area (Å²) in [5.41, 5.74) is 6.89. The van der Waals surface area contributed by atoms with Gasteiger partial charge in [0, 0.05) is 11.3 Å². The molecule has 5 nitrogen and oxygen atoms in total. The minimum absolute atomic E-state index is 0.0523. The molecule has 2 rings (SSSR count). The van der Waals surface area contributed by atoms with E-state index in [1.54, 1.807) is 36.4 Å². The molecule has 0 saturated heterocycles. The highest BCUT2D eigenvalue weighted by molar-refractivity contribution is 6.32. The number of alkyl halides is 3. The summed E-state index contributed by atoms with van der Waals surface area (Å²) in [7, 11) is 1.50. The summed E-state index contributed by atoms with van der Waals surface area (Å²) in [4.78, 5) is 4.11. The van der Waals surface area contributed by atoms with Crippen molar-refractivity contribution in [3.63, 3.8) is 0 Å². The summed E-state index contributed by atoms with van der Waals surface area (Å²) < 4.78 is 46.8. The fourth-order valence-corrected chi connectivity index (χ4v) is 2.29. The van der Waals surface area contributed by atoms with Crippen molar-refractivity contribution in [1.29, 1.82) is 0 Å². The molecule has 0 aliphatic heterocycles. The van der Waals surface area contributed by atoms with Crippen molar-refractivity contribution in [3.8, 4) is 11.5 Å². The molecule has 0 spiro atoms. The molecule has 2 aromatic carbocycles. The zero-order chi connectivity index (χ0) is 19.2. The highest BCUT2D eigenvalue weighted by Gasteiger charge is 2.28. The van der Waals surface area contributed by atoms with Gasteiger partial charge in [-0.25, -0.2) is 4.99 Å². The first-order valence-corrected chi connectivity index (χ1v) is 7.84. The van der Waals surface area contributed by atoms with Crippen LogP contribution >= 0.6 is 11.6 Å². The largest absolute Gasteiger partial charge is 0.495 e. The van der Waals surface area contributed by atoms with E-state index in [1.807, 2.05) is 0 Å². The van der Waals surface area contributed by atoms with E-state index in [-0.39, 0.29) is 18.3 Å². The van der Waals surface area contributed by atoms with Gasteiger partial charge in [-0.05, 0) is 24.3 Å². The Balaban J connectivity index is 2.03. The standard InChI is InChI=1S/C17H17ClF3N3O2/c1-25-15-7-6-12(8-13(15)18)24-16(22)23-9-11-4-2-3-5-14(11)26-10-17(19,20)21/h2-8H,9-10H2,1H3,(H3,22,23,24). The summed E-state index contributed by atoms with van der Waals surface area (Å²) in [5.74, 6) is 0.703. The van der Waals surface area contributed by atoms with Crippen LogP contribution in [0.1, 0.15) is 5.56 Å². The predicted octanol–water partition coefficient (Wildman–Crippen LogP) is 4.22. The number of methoxy groups -OCH3 is 1. The van der Waals surface area contributed by atoms with Gasteiger partial charge in [0.25, 0.3) is 0 Å². The molecule has 0 aliphatic rings. The van der Waals surface area contributed by atoms with Gasteiger partial charge in [0.15, 0.2) is 12.6 Å². The van der Waals surface area contributed by atoms with Crippen LogP contribution in [-0.4, -0.2) is 25.9 Å². The number of guanidine groups is 1. The second-order valence-corrected chi connectivity index (χ2v) is 5.59. The zero-order valence-electron chi connectivity index (χ0n) is 13.8. The van der Waals surface area contributed by atoms with Gasteiger partial charge in [-0.15, -0.1) is 0 Å². The lowest BCUT2D eigenvalue weighted by Gasteiger charge is -2.12. The molecule has 0 heterocycles. The Bertz CT molecular complexity index is 782. The number of nitrogens with zero attached hydrogens (tertiary/aromatic N) is 1. The van der Waals surface area contributed by atoms with Crippen molar-refractivity contribution in [2.75, 3.05) is 19.0 Å². The van der Waals surface area contributed by atoms with Crippen molar-refractivity contribution >= 4 is 23.2 Å². The normalized spacial score (nSPS) is 12.0.